The van der Waals surface area contributed by atoms with Crippen molar-refractivity contribution in [1.82, 2.24) is 5.32 Å². The van der Waals surface area contributed by atoms with Crippen LogP contribution in [0.25, 0.3) is 0 Å². The molecule has 2 rings (SSSR count). The van der Waals surface area contributed by atoms with Gasteiger partial charge in [0.2, 0.25) is 0 Å². The Morgan fingerprint density at radius 2 is 2.00 bits per heavy atom. The van der Waals surface area contributed by atoms with E-state index in [4.69, 9.17) is 4.74 Å². The number of hydrogen-bond donors (Lipinski definition) is 3. The average Bonchev–Trinajstić information content (AvgIpc) is 2.48. The minimum atomic E-state index is -0.374. The van der Waals surface area contributed by atoms with Gasteiger partial charge in [0.1, 0.15) is 5.75 Å². The van der Waals surface area contributed by atoms with Crippen molar-refractivity contribution in [3.8, 4) is 17.2 Å². The first-order valence-corrected chi connectivity index (χ1v) is 7.35. The zero-order valence-corrected chi connectivity index (χ0v) is 13.8. The summed E-state index contributed by atoms with van der Waals surface area (Å²) in [5.41, 5.74) is 1.85. The van der Waals surface area contributed by atoms with E-state index in [9.17, 15) is 15.0 Å². The van der Waals surface area contributed by atoms with Gasteiger partial charge in [0.15, 0.2) is 11.5 Å². The maximum atomic E-state index is 12.1. The number of benzene rings is 2. The molecule has 6 heteroatoms. The summed E-state index contributed by atoms with van der Waals surface area (Å²) in [5, 5.41) is 22.3. The van der Waals surface area contributed by atoms with Gasteiger partial charge in [-0.2, -0.15) is 0 Å². The molecule has 0 unspecified atom stereocenters. The van der Waals surface area contributed by atoms with Gasteiger partial charge in [0.25, 0.3) is 5.91 Å². The Bertz CT molecular complexity index is 716. The second-order valence-corrected chi connectivity index (χ2v) is 5.69. The van der Waals surface area contributed by atoms with E-state index in [2.05, 4.69) is 21.2 Å². The molecule has 0 atom stereocenters. The number of carbonyl (C=O) groups excluding carboxylic acids is 1. The van der Waals surface area contributed by atoms with Crippen LogP contribution in [0.3, 0.4) is 0 Å². The molecule has 0 bridgehead atoms. The summed E-state index contributed by atoms with van der Waals surface area (Å²) in [6.07, 6.45) is 0. The summed E-state index contributed by atoms with van der Waals surface area (Å²) in [6, 6.07) is 8.19. The molecule has 0 aliphatic carbocycles. The topological polar surface area (TPSA) is 78.8 Å². The zero-order chi connectivity index (χ0) is 16.3. The number of nitrogens with one attached hydrogen (secondary N) is 1. The summed E-state index contributed by atoms with van der Waals surface area (Å²) in [7, 11) is 1.45. The number of phenols is 2. The highest BCUT2D eigenvalue weighted by Gasteiger charge is 2.12. The summed E-state index contributed by atoms with van der Waals surface area (Å²) in [4.78, 5) is 12.1. The van der Waals surface area contributed by atoms with Crippen molar-refractivity contribution in [2.24, 2.45) is 0 Å². The van der Waals surface area contributed by atoms with Gasteiger partial charge < -0.3 is 20.3 Å². The van der Waals surface area contributed by atoms with Crippen molar-refractivity contribution in [1.29, 1.82) is 0 Å². The molecule has 2 aromatic carbocycles. The lowest BCUT2D eigenvalue weighted by atomic mass is 10.1. The second kappa shape index (κ2) is 6.70. The number of aromatic hydroxyl groups is 2. The lowest BCUT2D eigenvalue weighted by Gasteiger charge is -2.11. The number of hydrogen-bond acceptors (Lipinski definition) is 4. The van der Waals surface area contributed by atoms with Crippen molar-refractivity contribution in [2.45, 2.75) is 13.5 Å². The average molecular weight is 366 g/mol. The molecular weight excluding hydrogens is 350 g/mol. The lowest BCUT2D eigenvalue weighted by Crippen LogP contribution is -2.22. The third-order valence-electron chi connectivity index (χ3n) is 3.16. The SMILES string of the molecule is COc1cc(CNC(=O)c2ccc(C)cc2O)cc(Br)c1O. The van der Waals surface area contributed by atoms with Crippen LogP contribution in [0.5, 0.6) is 17.2 Å². The van der Waals surface area contributed by atoms with E-state index < -0.39 is 0 Å². The first-order valence-electron chi connectivity index (χ1n) is 6.55. The van der Waals surface area contributed by atoms with Gasteiger partial charge in [-0.15, -0.1) is 0 Å². The third kappa shape index (κ3) is 3.51. The number of rotatable bonds is 4. The molecule has 0 radical (unpaired) electrons. The molecule has 0 spiro atoms. The first kappa shape index (κ1) is 16.2. The smallest absolute Gasteiger partial charge is 0.255 e. The molecule has 0 saturated heterocycles. The molecular formula is C16H16BrNO4. The predicted octanol–water partition coefficient (Wildman–Crippen LogP) is 3.11. The summed E-state index contributed by atoms with van der Waals surface area (Å²) in [5.74, 6) is -0.104. The van der Waals surface area contributed by atoms with Crippen molar-refractivity contribution >= 4 is 21.8 Å². The number of phenolic OH excluding ortho intramolecular Hbond substituents is 2. The zero-order valence-electron chi connectivity index (χ0n) is 12.2. The highest BCUT2D eigenvalue weighted by atomic mass is 79.9. The maximum absolute atomic E-state index is 12.1. The van der Waals surface area contributed by atoms with E-state index in [1.165, 1.54) is 13.2 Å². The number of methoxy groups -OCH3 is 1. The van der Waals surface area contributed by atoms with Gasteiger partial charge >= 0.3 is 0 Å². The maximum Gasteiger partial charge on any atom is 0.255 e. The van der Waals surface area contributed by atoms with Crippen LogP contribution < -0.4 is 10.1 Å². The number of amides is 1. The Kier molecular flexibility index (Phi) is 4.92. The normalized spacial score (nSPS) is 10.3. The molecule has 116 valence electrons. The van der Waals surface area contributed by atoms with E-state index in [-0.39, 0.29) is 29.5 Å². The molecule has 0 aliphatic rings. The van der Waals surface area contributed by atoms with Crippen LogP contribution in [0, 0.1) is 6.92 Å². The molecule has 2 aromatic rings. The van der Waals surface area contributed by atoms with Gasteiger partial charge in [0, 0.05) is 6.54 Å². The number of ether oxygens (including phenoxy) is 1. The molecule has 0 saturated carbocycles. The largest absolute Gasteiger partial charge is 0.507 e. The van der Waals surface area contributed by atoms with Crippen LogP contribution in [0.15, 0.2) is 34.8 Å². The van der Waals surface area contributed by atoms with E-state index in [1.807, 2.05) is 6.92 Å². The monoisotopic (exact) mass is 365 g/mol. The van der Waals surface area contributed by atoms with E-state index >= 15 is 0 Å². The first-order chi connectivity index (χ1) is 10.4. The van der Waals surface area contributed by atoms with Crippen molar-refractivity contribution in [3.05, 3.63) is 51.5 Å². The lowest BCUT2D eigenvalue weighted by molar-refractivity contribution is 0.0948. The van der Waals surface area contributed by atoms with Crippen LogP contribution in [0.1, 0.15) is 21.5 Å². The standard InChI is InChI=1S/C16H16BrNO4/c1-9-3-4-11(13(19)5-9)16(21)18-8-10-6-12(17)15(20)14(7-10)22-2/h3-7,19-20H,8H2,1-2H3,(H,18,21). The summed E-state index contributed by atoms with van der Waals surface area (Å²) >= 11 is 3.23. The van der Waals surface area contributed by atoms with E-state index in [1.54, 1.807) is 24.3 Å². The van der Waals surface area contributed by atoms with Crippen LogP contribution >= 0.6 is 15.9 Å². The Morgan fingerprint density at radius 1 is 1.27 bits per heavy atom. The van der Waals surface area contributed by atoms with Gasteiger partial charge in [-0.25, -0.2) is 0 Å². The Balaban J connectivity index is 2.13. The third-order valence-corrected chi connectivity index (χ3v) is 3.76. The van der Waals surface area contributed by atoms with Gasteiger partial charge in [-0.3, -0.25) is 4.79 Å². The summed E-state index contributed by atoms with van der Waals surface area (Å²) < 4.78 is 5.54. The fourth-order valence-corrected chi connectivity index (χ4v) is 2.49. The molecule has 0 heterocycles. The molecule has 0 aromatic heterocycles. The molecule has 5 nitrogen and oxygen atoms in total. The van der Waals surface area contributed by atoms with Crippen LogP contribution in [-0.4, -0.2) is 23.2 Å². The number of aryl methyl sites for hydroxylation is 1. The van der Waals surface area contributed by atoms with Crippen LogP contribution in [0.4, 0.5) is 0 Å². The molecule has 22 heavy (non-hydrogen) atoms. The number of halogens is 1. The number of carbonyl (C=O) groups is 1. The minimum Gasteiger partial charge on any atom is -0.507 e. The van der Waals surface area contributed by atoms with E-state index in [0.717, 1.165) is 11.1 Å². The van der Waals surface area contributed by atoms with Crippen LogP contribution in [0.2, 0.25) is 0 Å². The summed E-state index contributed by atoms with van der Waals surface area (Å²) in [6.45, 7) is 2.07. The van der Waals surface area contributed by atoms with Crippen molar-refractivity contribution < 1.29 is 19.7 Å². The molecule has 3 N–H and O–H groups in total. The molecule has 0 aliphatic heterocycles. The quantitative estimate of drug-likeness (QED) is 0.777. The molecule has 0 fully saturated rings. The molecule has 1 amide bonds. The van der Waals surface area contributed by atoms with E-state index in [0.29, 0.717) is 10.2 Å². The van der Waals surface area contributed by atoms with Crippen molar-refractivity contribution in [2.75, 3.05) is 7.11 Å². The predicted molar refractivity (Wildman–Crippen MR) is 86.4 cm³/mol. The second-order valence-electron chi connectivity index (χ2n) is 4.83. The van der Waals surface area contributed by atoms with Gasteiger partial charge in [-0.05, 0) is 58.2 Å². The highest BCUT2D eigenvalue weighted by molar-refractivity contribution is 9.10. The minimum absolute atomic E-state index is 0.00811. The Morgan fingerprint density at radius 3 is 2.64 bits per heavy atom. The Labute approximate surface area is 136 Å². The fourth-order valence-electron chi connectivity index (χ4n) is 2.00. The van der Waals surface area contributed by atoms with Crippen LogP contribution in [-0.2, 0) is 6.54 Å². The highest BCUT2D eigenvalue weighted by Crippen LogP contribution is 2.35. The van der Waals surface area contributed by atoms with Gasteiger partial charge in [-0.1, -0.05) is 6.07 Å². The van der Waals surface area contributed by atoms with Crippen molar-refractivity contribution in [3.63, 3.8) is 0 Å². The Hall–Kier alpha value is -2.21. The fraction of sp³-hybridized carbons (Fsp3) is 0.188. The van der Waals surface area contributed by atoms with Gasteiger partial charge in [0.05, 0.1) is 17.1 Å².